The normalized spacial score (nSPS) is 33.7. The standard InChI is InChI=1S/C35H47ClN2O5S2/c1-5-29-24(3)20-38-21-34(14-7-9-26-18-28(36)11-12-30(26)34)22-42-32-13-10-27(19-31(32)38)33(39)37-45(40,41)25(4)23(2)8-6-15-35(29)43-16-17-44-35/h10-13,18-19,23-25,29H,5-9,14-17,20-22H2,1-4H3,(H,37,39)/t23-,24-,25+,29+,34-,35-/m0/s1. The predicted molar refractivity (Wildman–Crippen MR) is 183 cm³/mol. The van der Waals surface area contributed by atoms with Crippen molar-refractivity contribution in [3.8, 4) is 5.75 Å². The summed E-state index contributed by atoms with van der Waals surface area (Å²) in [7, 11) is -3.88. The van der Waals surface area contributed by atoms with Crippen LogP contribution in [0.15, 0.2) is 36.4 Å². The van der Waals surface area contributed by atoms with Gasteiger partial charge in [0.05, 0.1) is 24.2 Å². The molecule has 3 heterocycles. The quantitative estimate of drug-likeness (QED) is 0.342. The number of amides is 1. The van der Waals surface area contributed by atoms with E-state index in [4.69, 9.17) is 21.1 Å². The van der Waals surface area contributed by atoms with Crippen LogP contribution in [0.2, 0.25) is 5.02 Å². The van der Waals surface area contributed by atoms with E-state index in [2.05, 4.69) is 35.6 Å². The summed E-state index contributed by atoms with van der Waals surface area (Å²) in [5.41, 5.74) is 3.47. The highest BCUT2D eigenvalue weighted by Crippen LogP contribution is 2.50. The Labute approximate surface area is 278 Å². The monoisotopic (exact) mass is 674 g/mol. The topological polar surface area (TPSA) is 84.9 Å². The van der Waals surface area contributed by atoms with Crippen molar-refractivity contribution in [2.75, 3.05) is 37.0 Å². The number of aryl methyl sites for hydroxylation is 1. The lowest BCUT2D eigenvalue weighted by molar-refractivity contribution is -0.0210. The van der Waals surface area contributed by atoms with Crippen LogP contribution in [-0.2, 0) is 26.6 Å². The molecule has 0 radical (unpaired) electrons. The number of rotatable bonds is 1. The van der Waals surface area contributed by atoms with Gasteiger partial charge in [-0.15, -0.1) is 11.8 Å². The van der Waals surface area contributed by atoms with Gasteiger partial charge in [-0.2, -0.15) is 0 Å². The molecule has 0 saturated carbocycles. The summed E-state index contributed by atoms with van der Waals surface area (Å²) in [6.07, 6.45) is 6.51. The Morgan fingerprint density at radius 3 is 2.67 bits per heavy atom. The van der Waals surface area contributed by atoms with Gasteiger partial charge in [0.2, 0.25) is 10.0 Å². The van der Waals surface area contributed by atoms with Crippen LogP contribution in [0.25, 0.3) is 0 Å². The van der Waals surface area contributed by atoms with E-state index in [0.29, 0.717) is 24.0 Å². The predicted octanol–water partition coefficient (Wildman–Crippen LogP) is 7.20. The van der Waals surface area contributed by atoms with Gasteiger partial charge in [-0.25, -0.2) is 13.1 Å². The van der Waals surface area contributed by atoms with Crippen LogP contribution in [0.5, 0.6) is 5.75 Å². The van der Waals surface area contributed by atoms with Crippen molar-refractivity contribution in [3.63, 3.8) is 0 Å². The zero-order chi connectivity index (χ0) is 32.0. The largest absolute Gasteiger partial charge is 0.490 e. The van der Waals surface area contributed by atoms with E-state index in [1.807, 2.05) is 36.9 Å². The molecule has 2 aromatic rings. The van der Waals surface area contributed by atoms with E-state index in [-0.39, 0.29) is 16.3 Å². The number of fused-ring (bicyclic) bond motifs is 3. The zero-order valence-electron chi connectivity index (χ0n) is 26.9. The zero-order valence-corrected chi connectivity index (χ0v) is 29.3. The van der Waals surface area contributed by atoms with E-state index in [1.165, 1.54) is 11.1 Å². The number of benzene rings is 2. The Morgan fingerprint density at radius 2 is 1.91 bits per heavy atom. The first-order valence-corrected chi connectivity index (χ1v) is 19.5. The minimum atomic E-state index is -3.88. The van der Waals surface area contributed by atoms with Crippen LogP contribution in [0.4, 0.5) is 5.69 Å². The first kappa shape index (κ1) is 33.0. The molecular weight excluding hydrogens is 628 g/mol. The second kappa shape index (κ2) is 12.9. The molecule has 1 N–H and O–H groups in total. The highest BCUT2D eigenvalue weighted by atomic mass is 35.5. The van der Waals surface area contributed by atoms with Crippen LogP contribution in [0.1, 0.15) is 87.7 Å². The summed E-state index contributed by atoms with van der Waals surface area (Å²) in [5, 5.41) is 0.0467. The Kier molecular flexibility index (Phi) is 9.47. The molecule has 2 spiro atoms. The molecule has 7 nitrogen and oxygen atoms in total. The summed E-state index contributed by atoms with van der Waals surface area (Å²) in [4.78, 5) is 15.6. The third-order valence-electron chi connectivity index (χ3n) is 11.0. The molecule has 2 aromatic carbocycles. The van der Waals surface area contributed by atoms with Crippen LogP contribution < -0.4 is 14.4 Å². The van der Waals surface area contributed by atoms with Crippen molar-refractivity contribution >= 4 is 45.0 Å². The van der Waals surface area contributed by atoms with Gasteiger partial charge < -0.3 is 14.4 Å². The summed E-state index contributed by atoms with van der Waals surface area (Å²) in [6.45, 7) is 11.1. The SMILES string of the molecule is CC[C@@H]1[C@@H](C)CN2C[C@@]3(CCCc4cc(Cl)ccc43)COc3ccc(cc32)C(=O)NS(=O)(=O)[C@H](C)[C@@H](C)CCC[C@@]12OCCS2. The third-order valence-corrected chi connectivity index (χ3v) is 14.6. The van der Waals surface area contributed by atoms with Crippen LogP contribution in [0, 0.1) is 17.8 Å². The third kappa shape index (κ3) is 6.35. The van der Waals surface area contributed by atoms with Gasteiger partial charge in [0.1, 0.15) is 10.7 Å². The molecule has 0 unspecified atom stereocenters. The number of ether oxygens (including phenoxy) is 2. The highest BCUT2D eigenvalue weighted by Gasteiger charge is 2.47. The van der Waals surface area contributed by atoms with Crippen molar-refractivity contribution in [1.82, 2.24) is 4.72 Å². The van der Waals surface area contributed by atoms with Crippen molar-refractivity contribution in [2.24, 2.45) is 17.8 Å². The number of sulfonamides is 1. The molecule has 246 valence electrons. The molecule has 1 fully saturated rings. The number of carbonyl (C=O) groups is 1. The second-order valence-corrected chi connectivity index (χ2v) is 17.7. The van der Waals surface area contributed by atoms with E-state index in [1.54, 1.807) is 13.0 Å². The Hall–Kier alpha value is -1.94. The van der Waals surface area contributed by atoms with Gasteiger partial charge in [-0.1, -0.05) is 38.4 Å². The highest BCUT2D eigenvalue weighted by molar-refractivity contribution is 8.00. The van der Waals surface area contributed by atoms with Gasteiger partial charge in [0.15, 0.2) is 0 Å². The molecule has 6 rings (SSSR count). The average molecular weight is 675 g/mol. The molecule has 1 saturated heterocycles. The van der Waals surface area contributed by atoms with Crippen molar-refractivity contribution < 1.29 is 22.7 Å². The fourth-order valence-corrected chi connectivity index (χ4v) is 11.5. The maximum absolute atomic E-state index is 13.5. The number of nitrogens with zero attached hydrogens (tertiary/aromatic N) is 1. The van der Waals surface area contributed by atoms with E-state index in [0.717, 1.165) is 86.9 Å². The van der Waals surface area contributed by atoms with Gasteiger partial charge in [-0.3, -0.25) is 4.79 Å². The van der Waals surface area contributed by atoms with Gasteiger partial charge in [0, 0.05) is 40.8 Å². The molecule has 0 aromatic heterocycles. The van der Waals surface area contributed by atoms with Crippen molar-refractivity contribution in [2.45, 2.75) is 88.2 Å². The number of nitrogens with one attached hydrogen (secondary N) is 1. The Balaban J connectivity index is 1.45. The summed E-state index contributed by atoms with van der Waals surface area (Å²) in [6, 6.07) is 11.6. The number of anilines is 1. The summed E-state index contributed by atoms with van der Waals surface area (Å²) < 4.78 is 42.5. The van der Waals surface area contributed by atoms with Crippen LogP contribution in [-0.4, -0.2) is 56.6 Å². The number of hydrogen-bond donors (Lipinski definition) is 1. The lowest BCUT2D eigenvalue weighted by Crippen LogP contribution is -2.48. The van der Waals surface area contributed by atoms with Crippen molar-refractivity contribution in [1.29, 1.82) is 0 Å². The molecule has 6 atom stereocenters. The van der Waals surface area contributed by atoms with Crippen molar-refractivity contribution in [3.05, 3.63) is 58.1 Å². The Bertz CT molecular complexity index is 1530. The lowest BCUT2D eigenvalue weighted by Gasteiger charge is -2.44. The van der Waals surface area contributed by atoms with E-state index < -0.39 is 21.2 Å². The molecule has 45 heavy (non-hydrogen) atoms. The molecular formula is C35H47ClN2O5S2. The molecule has 1 amide bonds. The number of halogens is 1. The van der Waals surface area contributed by atoms with Crippen LogP contribution >= 0.6 is 23.4 Å². The first-order valence-electron chi connectivity index (χ1n) is 16.6. The smallest absolute Gasteiger partial charge is 0.264 e. The van der Waals surface area contributed by atoms with Gasteiger partial charge >= 0.3 is 0 Å². The average Bonchev–Trinajstić information content (AvgIpc) is 3.42. The molecule has 1 aliphatic carbocycles. The molecule has 3 aliphatic heterocycles. The molecule has 4 aliphatic rings. The van der Waals surface area contributed by atoms with Crippen LogP contribution in [0.3, 0.4) is 0 Å². The minimum absolute atomic E-state index is 0.107. The van der Waals surface area contributed by atoms with Gasteiger partial charge in [0.25, 0.3) is 5.91 Å². The van der Waals surface area contributed by atoms with E-state index >= 15 is 0 Å². The number of hydrogen-bond acceptors (Lipinski definition) is 7. The van der Waals surface area contributed by atoms with Gasteiger partial charge in [-0.05, 0) is 105 Å². The second-order valence-electron chi connectivity index (χ2n) is 13.8. The molecule has 10 heteroatoms. The lowest BCUT2D eigenvalue weighted by atomic mass is 9.70. The van der Waals surface area contributed by atoms with E-state index in [9.17, 15) is 13.2 Å². The maximum Gasteiger partial charge on any atom is 0.264 e. The minimum Gasteiger partial charge on any atom is -0.490 e. The Morgan fingerprint density at radius 1 is 1.09 bits per heavy atom. The first-order chi connectivity index (χ1) is 21.5. The number of thioether (sulfide) groups is 1. The number of carbonyl (C=O) groups excluding carboxylic acids is 1. The summed E-state index contributed by atoms with van der Waals surface area (Å²) in [5.74, 6) is 1.58. The maximum atomic E-state index is 13.5. The summed E-state index contributed by atoms with van der Waals surface area (Å²) >= 11 is 8.39. The molecule has 2 bridgehead atoms. The fraction of sp³-hybridized carbons (Fsp3) is 0.629. The fourth-order valence-electron chi connectivity index (χ4n) is 8.38.